The van der Waals surface area contributed by atoms with Gasteiger partial charge in [-0.1, -0.05) is 140 Å². The van der Waals surface area contributed by atoms with Gasteiger partial charge in [-0.25, -0.2) is 24.9 Å². The number of hydrogen-bond donors (Lipinski definition) is 0. The summed E-state index contributed by atoms with van der Waals surface area (Å²) in [4.78, 5) is 25.3. The van der Waals surface area contributed by atoms with Crippen molar-refractivity contribution in [3.63, 3.8) is 0 Å². The fraction of sp³-hybridized carbons (Fsp3) is 0. The van der Waals surface area contributed by atoms with Crippen LogP contribution in [-0.2, 0) is 0 Å². The van der Waals surface area contributed by atoms with E-state index in [0.717, 1.165) is 59.9 Å². The van der Waals surface area contributed by atoms with Gasteiger partial charge in [-0.2, -0.15) is 0 Å². The van der Waals surface area contributed by atoms with Crippen LogP contribution in [0.5, 0.6) is 0 Å². The quantitative estimate of drug-likeness (QED) is 0.182. The highest BCUT2D eigenvalue weighted by Gasteiger charge is 2.18. The average Bonchev–Trinajstić information content (AvgIpc) is 3.59. The molecule has 0 aliphatic carbocycles. The Hall–Kier alpha value is -6.63. The molecule has 0 fully saturated rings. The zero-order valence-electron chi connectivity index (χ0n) is 27.2. The van der Waals surface area contributed by atoms with Crippen molar-refractivity contribution in [1.82, 2.24) is 24.9 Å². The number of aromatic nitrogens is 5. The Labute approximate surface area is 297 Å². The summed E-state index contributed by atoms with van der Waals surface area (Å²) in [5, 5.41) is 5.70. The molecule has 7 aromatic carbocycles. The van der Waals surface area contributed by atoms with Crippen molar-refractivity contribution >= 4 is 53.2 Å². The van der Waals surface area contributed by atoms with Gasteiger partial charge >= 0.3 is 0 Å². The molecule has 0 saturated carbocycles. The van der Waals surface area contributed by atoms with Crippen LogP contribution in [-0.4, -0.2) is 24.9 Å². The lowest BCUT2D eigenvalue weighted by Gasteiger charge is -2.11. The lowest BCUT2D eigenvalue weighted by Crippen LogP contribution is -2.00. The van der Waals surface area contributed by atoms with Gasteiger partial charge < -0.3 is 0 Å². The highest BCUT2D eigenvalue weighted by molar-refractivity contribution is 7.26. The van der Waals surface area contributed by atoms with Crippen molar-refractivity contribution in [2.45, 2.75) is 0 Å². The number of hydrogen-bond acceptors (Lipinski definition) is 6. The Morgan fingerprint density at radius 1 is 0.353 bits per heavy atom. The average molecular weight is 670 g/mol. The van der Waals surface area contributed by atoms with E-state index in [-0.39, 0.29) is 0 Å². The molecule has 5 nitrogen and oxygen atoms in total. The molecule has 0 atom stereocenters. The lowest BCUT2D eigenvalue weighted by molar-refractivity contribution is 1.08. The fourth-order valence-electron chi connectivity index (χ4n) is 6.84. The topological polar surface area (TPSA) is 64.5 Å². The molecule has 0 bridgehead atoms. The molecule has 10 aromatic rings. The summed E-state index contributed by atoms with van der Waals surface area (Å²) in [7, 11) is 0. The SMILES string of the molecule is c1ccc(-c2nc(-c3ccccc3)nc(-c3cccc4sc5cc(-c6nc(-c7ccc8ccccc8c7)c7ccccc7n6)ccc5c34)n2)cc1. The first kappa shape index (κ1) is 29.3. The van der Waals surface area contributed by atoms with Crippen LogP contribution in [0.25, 0.3) is 98.7 Å². The van der Waals surface area contributed by atoms with E-state index in [1.54, 1.807) is 11.3 Å². The predicted molar refractivity (Wildman–Crippen MR) is 210 cm³/mol. The highest BCUT2D eigenvalue weighted by atomic mass is 32.1. The molecular weight excluding hydrogens is 643 g/mol. The van der Waals surface area contributed by atoms with Gasteiger partial charge in [0.15, 0.2) is 23.3 Å². The molecule has 0 spiro atoms. The number of thiophene rings is 1. The molecule has 51 heavy (non-hydrogen) atoms. The summed E-state index contributed by atoms with van der Waals surface area (Å²) in [6, 6.07) is 56.4. The van der Waals surface area contributed by atoms with Crippen LogP contribution in [0.3, 0.4) is 0 Å². The second-order valence-electron chi connectivity index (χ2n) is 12.5. The zero-order valence-corrected chi connectivity index (χ0v) is 28.0. The van der Waals surface area contributed by atoms with Crippen molar-refractivity contribution in [2.75, 3.05) is 0 Å². The Kier molecular flexibility index (Phi) is 6.93. The molecule has 3 heterocycles. The fourth-order valence-corrected chi connectivity index (χ4v) is 8.01. The largest absolute Gasteiger partial charge is 0.228 e. The minimum Gasteiger partial charge on any atom is -0.228 e. The molecule has 3 aromatic heterocycles. The first-order valence-electron chi connectivity index (χ1n) is 16.8. The van der Waals surface area contributed by atoms with Gasteiger partial charge in [0.2, 0.25) is 0 Å². The third-order valence-electron chi connectivity index (χ3n) is 9.32. The molecule has 6 heteroatoms. The van der Waals surface area contributed by atoms with Crippen LogP contribution < -0.4 is 0 Å². The van der Waals surface area contributed by atoms with Gasteiger partial charge in [0, 0.05) is 53.4 Å². The number of rotatable bonds is 5. The Morgan fingerprint density at radius 3 is 1.78 bits per heavy atom. The molecule has 0 aliphatic rings. The van der Waals surface area contributed by atoms with Gasteiger partial charge in [-0.3, -0.25) is 0 Å². The molecule has 0 aliphatic heterocycles. The maximum Gasteiger partial charge on any atom is 0.164 e. The smallest absolute Gasteiger partial charge is 0.164 e. The highest BCUT2D eigenvalue weighted by Crippen LogP contribution is 2.41. The van der Waals surface area contributed by atoms with Crippen molar-refractivity contribution in [3.05, 3.63) is 164 Å². The molecule has 10 rings (SSSR count). The van der Waals surface area contributed by atoms with Gasteiger partial charge in [-0.05, 0) is 35.0 Å². The van der Waals surface area contributed by atoms with Crippen molar-refractivity contribution in [3.8, 4) is 56.8 Å². The first-order chi connectivity index (χ1) is 25.2. The van der Waals surface area contributed by atoms with Crippen molar-refractivity contribution < 1.29 is 0 Å². The van der Waals surface area contributed by atoms with Gasteiger partial charge in [-0.15, -0.1) is 11.3 Å². The summed E-state index contributed by atoms with van der Waals surface area (Å²) in [5.74, 6) is 2.65. The molecule has 0 saturated heterocycles. The first-order valence-corrected chi connectivity index (χ1v) is 17.7. The maximum absolute atomic E-state index is 5.22. The molecule has 0 unspecified atom stereocenters. The van der Waals surface area contributed by atoms with Crippen LogP contribution in [0, 0.1) is 0 Å². The normalized spacial score (nSPS) is 11.5. The van der Waals surface area contributed by atoms with E-state index in [0.29, 0.717) is 23.3 Å². The zero-order chi connectivity index (χ0) is 33.7. The van der Waals surface area contributed by atoms with Gasteiger partial charge in [0.25, 0.3) is 0 Å². The second kappa shape index (κ2) is 12.1. The van der Waals surface area contributed by atoms with Crippen LogP contribution in [0.2, 0.25) is 0 Å². The van der Waals surface area contributed by atoms with E-state index >= 15 is 0 Å². The number of nitrogens with zero attached hydrogens (tertiary/aromatic N) is 5. The summed E-state index contributed by atoms with van der Waals surface area (Å²) in [5.41, 5.74) is 6.77. The summed E-state index contributed by atoms with van der Waals surface area (Å²) >= 11 is 1.76. The Morgan fingerprint density at radius 2 is 1.00 bits per heavy atom. The van der Waals surface area contributed by atoms with E-state index in [1.807, 2.05) is 66.7 Å². The Bertz CT molecular complexity index is 2860. The minimum atomic E-state index is 0.647. The summed E-state index contributed by atoms with van der Waals surface area (Å²) in [6.07, 6.45) is 0. The summed E-state index contributed by atoms with van der Waals surface area (Å²) < 4.78 is 2.32. The molecule has 238 valence electrons. The molecule has 0 N–H and O–H groups in total. The standard InChI is InChI=1S/C45H27N5S/c1-3-13-29(14-4-1)42-48-43(30-15-5-2-6-16-30)50-45(49-42)36-19-11-21-38-40(36)35-25-24-33(27-39(35)51-38)44-46-37-20-10-9-18-34(37)41(47-44)32-23-22-28-12-7-8-17-31(28)26-32/h1-27H. The van der Waals surface area contributed by atoms with Crippen molar-refractivity contribution in [2.24, 2.45) is 0 Å². The van der Waals surface area contributed by atoms with Crippen LogP contribution in [0.15, 0.2) is 164 Å². The second-order valence-corrected chi connectivity index (χ2v) is 13.6. The van der Waals surface area contributed by atoms with Gasteiger partial charge in [0.05, 0.1) is 11.2 Å². The molecule has 0 amide bonds. The van der Waals surface area contributed by atoms with Crippen LogP contribution >= 0.6 is 11.3 Å². The van der Waals surface area contributed by atoms with Crippen LogP contribution in [0.4, 0.5) is 0 Å². The van der Waals surface area contributed by atoms with E-state index in [1.165, 1.54) is 15.5 Å². The van der Waals surface area contributed by atoms with Gasteiger partial charge in [0.1, 0.15) is 0 Å². The monoisotopic (exact) mass is 669 g/mol. The van der Waals surface area contributed by atoms with E-state index in [2.05, 4.69) is 97.1 Å². The Balaban J connectivity index is 1.13. The minimum absolute atomic E-state index is 0.647. The lowest BCUT2D eigenvalue weighted by atomic mass is 10.0. The number of fused-ring (bicyclic) bond motifs is 5. The predicted octanol–water partition coefficient (Wildman–Crippen LogP) is 11.7. The summed E-state index contributed by atoms with van der Waals surface area (Å²) in [6.45, 7) is 0. The number of para-hydroxylation sites is 1. The third kappa shape index (κ3) is 5.21. The van der Waals surface area contributed by atoms with E-state index in [9.17, 15) is 0 Å². The molecule has 0 radical (unpaired) electrons. The number of benzene rings is 7. The van der Waals surface area contributed by atoms with Crippen LogP contribution in [0.1, 0.15) is 0 Å². The maximum atomic E-state index is 5.22. The third-order valence-corrected chi connectivity index (χ3v) is 10.4. The van der Waals surface area contributed by atoms with Crippen molar-refractivity contribution in [1.29, 1.82) is 0 Å². The van der Waals surface area contributed by atoms with E-state index in [4.69, 9.17) is 24.9 Å². The molecular formula is C45H27N5S. The van der Waals surface area contributed by atoms with E-state index < -0.39 is 0 Å².